The van der Waals surface area contributed by atoms with Gasteiger partial charge in [0.2, 0.25) is 0 Å². The van der Waals surface area contributed by atoms with Crippen molar-refractivity contribution in [1.82, 2.24) is 5.32 Å². The van der Waals surface area contributed by atoms with Crippen LogP contribution in [0.25, 0.3) is 0 Å². The molecule has 2 nitrogen and oxygen atoms in total. The summed E-state index contributed by atoms with van der Waals surface area (Å²) in [5.41, 5.74) is 2.11. The molecule has 0 saturated heterocycles. The molecule has 21 heavy (non-hydrogen) atoms. The van der Waals surface area contributed by atoms with E-state index in [0.29, 0.717) is 12.0 Å². The molecule has 0 spiro atoms. The van der Waals surface area contributed by atoms with Gasteiger partial charge in [0.25, 0.3) is 0 Å². The predicted molar refractivity (Wildman–Crippen MR) is 82.7 cm³/mol. The van der Waals surface area contributed by atoms with Crippen molar-refractivity contribution in [2.24, 2.45) is 5.41 Å². The third-order valence-electron chi connectivity index (χ3n) is 5.39. The highest BCUT2D eigenvalue weighted by molar-refractivity contribution is 5.35. The fraction of sp³-hybridized carbons (Fsp3) is 0.667. The number of hydrogen-bond donors (Lipinski definition) is 2. The zero-order chi connectivity index (χ0) is 15.1. The van der Waals surface area contributed by atoms with Crippen molar-refractivity contribution in [3.8, 4) is 0 Å². The van der Waals surface area contributed by atoms with Crippen LogP contribution in [0.1, 0.15) is 63.1 Å². The minimum Gasteiger partial charge on any atom is -0.389 e. The van der Waals surface area contributed by atoms with Crippen LogP contribution in [0.4, 0.5) is 4.39 Å². The molecule has 0 radical (unpaired) electrons. The zero-order valence-corrected chi connectivity index (χ0v) is 13.1. The number of rotatable bonds is 3. The van der Waals surface area contributed by atoms with Gasteiger partial charge in [-0.2, -0.15) is 0 Å². The van der Waals surface area contributed by atoms with Gasteiger partial charge in [-0.1, -0.05) is 19.9 Å². The lowest BCUT2D eigenvalue weighted by molar-refractivity contribution is -0.0261. The second-order valence-electron chi connectivity index (χ2n) is 7.70. The monoisotopic (exact) mass is 291 g/mol. The summed E-state index contributed by atoms with van der Waals surface area (Å²) in [5.74, 6) is -0.150. The Hall–Kier alpha value is -0.930. The smallest absolute Gasteiger partial charge is 0.123 e. The Labute approximate surface area is 126 Å². The van der Waals surface area contributed by atoms with Crippen LogP contribution in [-0.2, 0) is 6.42 Å². The fourth-order valence-electron chi connectivity index (χ4n) is 3.68. The molecule has 2 aliphatic rings. The van der Waals surface area contributed by atoms with E-state index in [1.807, 2.05) is 6.07 Å². The van der Waals surface area contributed by atoms with E-state index in [2.05, 4.69) is 19.2 Å². The summed E-state index contributed by atoms with van der Waals surface area (Å²) in [7, 11) is 0. The Bertz CT molecular complexity index is 516. The van der Waals surface area contributed by atoms with Crippen LogP contribution in [0.5, 0.6) is 0 Å². The third-order valence-corrected chi connectivity index (χ3v) is 5.39. The molecule has 0 heterocycles. The molecule has 1 aromatic carbocycles. The number of benzene rings is 1. The van der Waals surface area contributed by atoms with Gasteiger partial charge in [0.05, 0.1) is 5.60 Å². The molecule has 2 aliphatic carbocycles. The number of hydrogen-bond acceptors (Lipinski definition) is 2. The van der Waals surface area contributed by atoms with E-state index in [-0.39, 0.29) is 11.9 Å². The first kappa shape index (κ1) is 15.0. The lowest BCUT2D eigenvalue weighted by Gasteiger charge is -2.40. The first-order valence-corrected chi connectivity index (χ1v) is 8.11. The Balaban J connectivity index is 1.60. The molecule has 1 atom stereocenters. The van der Waals surface area contributed by atoms with Crippen molar-refractivity contribution in [3.05, 3.63) is 35.1 Å². The van der Waals surface area contributed by atoms with Gasteiger partial charge in [-0.15, -0.1) is 0 Å². The van der Waals surface area contributed by atoms with Crippen molar-refractivity contribution < 1.29 is 9.50 Å². The molecule has 1 saturated carbocycles. The largest absolute Gasteiger partial charge is 0.389 e. The average molecular weight is 291 g/mol. The molecule has 0 amide bonds. The number of halogens is 1. The lowest BCUT2D eigenvalue weighted by atomic mass is 9.71. The maximum Gasteiger partial charge on any atom is 0.123 e. The van der Waals surface area contributed by atoms with Crippen molar-refractivity contribution in [2.45, 2.75) is 64.0 Å². The maximum atomic E-state index is 13.2. The minimum absolute atomic E-state index is 0.150. The van der Waals surface area contributed by atoms with Gasteiger partial charge in [-0.3, -0.25) is 0 Å². The van der Waals surface area contributed by atoms with E-state index in [1.165, 1.54) is 11.6 Å². The molecule has 116 valence electrons. The summed E-state index contributed by atoms with van der Waals surface area (Å²) in [4.78, 5) is 0. The Morgan fingerprint density at radius 2 is 1.95 bits per heavy atom. The lowest BCUT2D eigenvalue weighted by Crippen LogP contribution is -2.45. The number of nitrogens with one attached hydrogen (secondary N) is 1. The van der Waals surface area contributed by atoms with Gasteiger partial charge >= 0.3 is 0 Å². The average Bonchev–Trinajstić information content (AvgIpc) is 2.83. The first-order chi connectivity index (χ1) is 9.87. The molecule has 1 unspecified atom stereocenters. The Kier molecular flexibility index (Phi) is 3.83. The van der Waals surface area contributed by atoms with Gasteiger partial charge < -0.3 is 10.4 Å². The first-order valence-electron chi connectivity index (χ1n) is 8.11. The van der Waals surface area contributed by atoms with Crippen LogP contribution >= 0.6 is 0 Å². The van der Waals surface area contributed by atoms with E-state index in [4.69, 9.17) is 0 Å². The van der Waals surface area contributed by atoms with Gasteiger partial charge in [-0.25, -0.2) is 4.39 Å². The quantitative estimate of drug-likeness (QED) is 0.889. The standard InChI is InChI=1S/C18H26FNO/c1-17(2)7-9-18(21,10-8-17)12-20-16-6-3-13-11-14(19)4-5-15(13)16/h4-5,11,16,20-21H,3,6-10,12H2,1-2H3. The predicted octanol–water partition coefficient (Wildman–Crippen LogP) is 3.73. The molecule has 0 bridgehead atoms. The molecular formula is C18H26FNO. The van der Waals surface area contributed by atoms with Gasteiger partial charge in [-0.05, 0) is 67.2 Å². The molecule has 3 heteroatoms. The van der Waals surface area contributed by atoms with Crippen molar-refractivity contribution in [3.63, 3.8) is 0 Å². The van der Waals surface area contributed by atoms with E-state index >= 15 is 0 Å². The summed E-state index contributed by atoms with van der Waals surface area (Å²) < 4.78 is 13.2. The summed E-state index contributed by atoms with van der Waals surface area (Å²) in [6.07, 6.45) is 5.83. The maximum absolute atomic E-state index is 13.2. The fourth-order valence-corrected chi connectivity index (χ4v) is 3.68. The highest BCUT2D eigenvalue weighted by Crippen LogP contribution is 2.40. The number of fused-ring (bicyclic) bond motifs is 1. The minimum atomic E-state index is -0.571. The molecule has 1 fully saturated rings. The summed E-state index contributed by atoms with van der Waals surface area (Å²) in [6, 6.07) is 5.34. The molecule has 1 aromatic rings. The van der Waals surface area contributed by atoms with Gasteiger partial charge in [0.1, 0.15) is 5.82 Å². The molecular weight excluding hydrogens is 265 g/mol. The highest BCUT2D eigenvalue weighted by Gasteiger charge is 2.37. The van der Waals surface area contributed by atoms with Crippen LogP contribution in [0.2, 0.25) is 0 Å². The van der Waals surface area contributed by atoms with E-state index in [9.17, 15) is 9.50 Å². The van der Waals surface area contributed by atoms with Crippen LogP contribution < -0.4 is 5.32 Å². The topological polar surface area (TPSA) is 32.3 Å². The molecule has 3 rings (SSSR count). The van der Waals surface area contributed by atoms with Gasteiger partial charge in [0.15, 0.2) is 0 Å². The Morgan fingerprint density at radius 3 is 2.67 bits per heavy atom. The molecule has 0 aliphatic heterocycles. The number of aryl methyl sites for hydroxylation is 1. The van der Waals surface area contributed by atoms with Crippen molar-refractivity contribution in [2.75, 3.05) is 6.54 Å². The molecule has 2 N–H and O–H groups in total. The van der Waals surface area contributed by atoms with Crippen molar-refractivity contribution in [1.29, 1.82) is 0 Å². The highest BCUT2D eigenvalue weighted by atomic mass is 19.1. The summed E-state index contributed by atoms with van der Waals surface area (Å²) >= 11 is 0. The molecule has 0 aromatic heterocycles. The second-order valence-corrected chi connectivity index (χ2v) is 7.70. The third kappa shape index (κ3) is 3.29. The van der Waals surface area contributed by atoms with E-state index in [0.717, 1.165) is 44.1 Å². The van der Waals surface area contributed by atoms with Crippen LogP contribution in [0.15, 0.2) is 18.2 Å². The second kappa shape index (κ2) is 5.36. The normalized spacial score (nSPS) is 26.6. The van der Waals surface area contributed by atoms with Crippen LogP contribution in [0.3, 0.4) is 0 Å². The number of aliphatic hydroxyl groups is 1. The SMILES string of the molecule is CC1(C)CCC(O)(CNC2CCc3cc(F)ccc32)CC1. The summed E-state index contributed by atoms with van der Waals surface area (Å²) in [5, 5.41) is 14.3. The van der Waals surface area contributed by atoms with E-state index in [1.54, 1.807) is 6.07 Å². The van der Waals surface area contributed by atoms with Gasteiger partial charge in [0, 0.05) is 12.6 Å². The summed E-state index contributed by atoms with van der Waals surface area (Å²) in [6.45, 7) is 5.20. The Morgan fingerprint density at radius 1 is 1.24 bits per heavy atom. The van der Waals surface area contributed by atoms with Crippen molar-refractivity contribution >= 4 is 0 Å². The van der Waals surface area contributed by atoms with E-state index < -0.39 is 5.60 Å². The zero-order valence-electron chi connectivity index (χ0n) is 13.1. The van der Waals surface area contributed by atoms with Crippen LogP contribution in [0, 0.1) is 11.2 Å². The van der Waals surface area contributed by atoms with Crippen LogP contribution in [-0.4, -0.2) is 17.3 Å².